The largest absolute Gasteiger partial charge is 0.379 e. The number of para-hydroxylation sites is 1. The van der Waals surface area contributed by atoms with Crippen LogP contribution >= 0.6 is 15.9 Å². The molecule has 1 N–H and O–H groups in total. The molecule has 6 nitrogen and oxygen atoms in total. The van der Waals surface area contributed by atoms with Gasteiger partial charge in [0.15, 0.2) is 0 Å². The average molecular weight is 510 g/mol. The zero-order valence-corrected chi connectivity index (χ0v) is 20.5. The predicted molar refractivity (Wildman–Crippen MR) is 131 cm³/mol. The molecule has 2 amide bonds. The van der Waals surface area contributed by atoms with Crippen molar-refractivity contribution in [3.8, 4) is 0 Å². The summed E-state index contributed by atoms with van der Waals surface area (Å²) in [6, 6.07) is 15.3. The summed E-state index contributed by atoms with van der Waals surface area (Å²) in [7, 11) is 0. The number of halogens is 1. The summed E-state index contributed by atoms with van der Waals surface area (Å²) in [6.45, 7) is 5.21. The number of nitrogens with one attached hydrogen (secondary N) is 1. The number of carbonyl (C=O) groups excluding carboxylic acids is 2. The lowest BCUT2D eigenvalue weighted by Gasteiger charge is -2.47. The Morgan fingerprint density at radius 1 is 1.15 bits per heavy atom. The number of aromatic amines is 1. The highest BCUT2D eigenvalue weighted by Gasteiger charge is 2.48. The maximum absolute atomic E-state index is 13.6. The van der Waals surface area contributed by atoms with Gasteiger partial charge in [0.1, 0.15) is 6.04 Å². The number of hydrogen-bond donors (Lipinski definition) is 1. The van der Waals surface area contributed by atoms with E-state index in [1.54, 1.807) is 4.90 Å². The summed E-state index contributed by atoms with van der Waals surface area (Å²) in [5, 5.41) is 1.12. The van der Waals surface area contributed by atoms with E-state index in [9.17, 15) is 9.59 Å². The first-order valence-electron chi connectivity index (χ1n) is 11.5. The van der Waals surface area contributed by atoms with Crippen LogP contribution in [0.5, 0.6) is 0 Å². The molecule has 2 aliphatic rings. The van der Waals surface area contributed by atoms with Crippen molar-refractivity contribution in [3.05, 3.63) is 69.8 Å². The molecule has 33 heavy (non-hydrogen) atoms. The summed E-state index contributed by atoms with van der Waals surface area (Å²) >= 11 is 3.57. The van der Waals surface area contributed by atoms with E-state index in [0.29, 0.717) is 19.6 Å². The molecule has 0 saturated carbocycles. The van der Waals surface area contributed by atoms with Crippen molar-refractivity contribution in [1.82, 2.24) is 14.8 Å². The third-order valence-corrected chi connectivity index (χ3v) is 7.02. The number of amides is 2. The third-order valence-electron chi connectivity index (χ3n) is 6.53. The lowest BCUT2D eigenvalue weighted by molar-refractivity contribution is -0.158. The van der Waals surface area contributed by atoms with E-state index < -0.39 is 6.04 Å². The Morgan fingerprint density at radius 2 is 1.97 bits per heavy atom. The summed E-state index contributed by atoms with van der Waals surface area (Å²) in [5.74, 6) is 0.00809. The molecule has 2 aromatic carbocycles. The normalized spacial score (nSPS) is 20.5. The van der Waals surface area contributed by atoms with Crippen molar-refractivity contribution in [2.45, 2.75) is 44.9 Å². The van der Waals surface area contributed by atoms with Crippen LogP contribution in [0.3, 0.4) is 0 Å². The van der Waals surface area contributed by atoms with E-state index in [0.717, 1.165) is 38.6 Å². The fourth-order valence-electron chi connectivity index (χ4n) is 5.11. The van der Waals surface area contributed by atoms with E-state index in [1.807, 2.05) is 55.1 Å². The van der Waals surface area contributed by atoms with Crippen molar-refractivity contribution < 1.29 is 14.3 Å². The van der Waals surface area contributed by atoms with Crippen LogP contribution < -0.4 is 0 Å². The zero-order valence-electron chi connectivity index (χ0n) is 18.9. The third kappa shape index (κ3) is 4.08. The number of fused-ring (bicyclic) bond motifs is 4. The van der Waals surface area contributed by atoms with Crippen LogP contribution in [0.15, 0.2) is 53.0 Å². The highest BCUT2D eigenvalue weighted by Crippen LogP contribution is 2.42. The summed E-state index contributed by atoms with van der Waals surface area (Å²) in [5.41, 5.74) is 4.15. The molecule has 0 aliphatic carbocycles. The second kappa shape index (κ2) is 8.95. The molecule has 0 unspecified atom stereocenters. The molecule has 0 spiro atoms. The second-order valence-electron chi connectivity index (χ2n) is 9.07. The molecule has 1 saturated heterocycles. The average Bonchev–Trinajstić information content (AvgIpc) is 3.16. The van der Waals surface area contributed by atoms with Crippen LogP contribution in [-0.4, -0.2) is 58.4 Å². The van der Waals surface area contributed by atoms with E-state index in [1.165, 1.54) is 0 Å². The van der Waals surface area contributed by atoms with Crippen LogP contribution in [0.4, 0.5) is 0 Å². The number of rotatable bonds is 6. The van der Waals surface area contributed by atoms with Crippen LogP contribution in [0, 0.1) is 0 Å². The van der Waals surface area contributed by atoms with E-state index >= 15 is 0 Å². The van der Waals surface area contributed by atoms with Crippen molar-refractivity contribution in [2.75, 3.05) is 19.7 Å². The van der Waals surface area contributed by atoms with Gasteiger partial charge in [-0.15, -0.1) is 0 Å². The first-order chi connectivity index (χ1) is 15.9. The highest BCUT2D eigenvalue weighted by molar-refractivity contribution is 9.10. The van der Waals surface area contributed by atoms with E-state index in [-0.39, 0.29) is 30.5 Å². The fraction of sp³-hybridized carbons (Fsp3) is 0.385. The van der Waals surface area contributed by atoms with Gasteiger partial charge in [-0.3, -0.25) is 9.59 Å². The number of ether oxygens (including phenoxy) is 1. The molecule has 1 aromatic heterocycles. The minimum absolute atomic E-state index is 0.0151. The summed E-state index contributed by atoms with van der Waals surface area (Å²) in [4.78, 5) is 34.2. The standard InChI is InChI=1S/C26H28BrN3O3/c1-16(2)33-12-6-11-29-15-23(31)30-22(26(29)32)14-20-19-9-3-4-10-21(19)28-24(20)25(30)17-7-5-8-18(27)13-17/h3-5,7-10,13,16,22,25,28H,6,11-12,14-15H2,1-2H3/t22-,25-/m0/s1. The zero-order chi connectivity index (χ0) is 23.1. The molecule has 2 atom stereocenters. The number of piperazine rings is 1. The molecule has 0 radical (unpaired) electrons. The Bertz CT molecular complexity index is 1200. The quantitative estimate of drug-likeness (QED) is 0.499. The Balaban J connectivity index is 1.53. The number of aromatic nitrogens is 1. The Kier molecular flexibility index (Phi) is 6.01. The van der Waals surface area contributed by atoms with Crippen LogP contribution in [-0.2, 0) is 20.7 Å². The topological polar surface area (TPSA) is 65.6 Å². The molecule has 0 bridgehead atoms. The van der Waals surface area contributed by atoms with Crippen LogP contribution in [0.1, 0.15) is 43.1 Å². The second-order valence-corrected chi connectivity index (χ2v) is 9.99. The predicted octanol–water partition coefficient (Wildman–Crippen LogP) is 4.43. The summed E-state index contributed by atoms with van der Waals surface area (Å²) < 4.78 is 6.58. The van der Waals surface area contributed by atoms with Gasteiger partial charge in [-0.2, -0.15) is 0 Å². The fourth-order valence-corrected chi connectivity index (χ4v) is 5.53. The van der Waals surface area contributed by atoms with Gasteiger partial charge < -0.3 is 19.5 Å². The monoisotopic (exact) mass is 509 g/mol. The van der Waals surface area contributed by atoms with Crippen molar-refractivity contribution in [1.29, 1.82) is 0 Å². The molecule has 1 fully saturated rings. The number of carbonyl (C=O) groups is 2. The maximum atomic E-state index is 13.6. The SMILES string of the molecule is CC(C)OCCCN1CC(=O)N2[C@@H](c3cccc(Br)c3)c3[nH]c4ccccc4c3C[C@H]2C1=O. The first kappa shape index (κ1) is 22.2. The Morgan fingerprint density at radius 3 is 2.76 bits per heavy atom. The molecule has 172 valence electrons. The highest BCUT2D eigenvalue weighted by atomic mass is 79.9. The van der Waals surface area contributed by atoms with Gasteiger partial charge in [-0.05, 0) is 49.6 Å². The molecular weight excluding hydrogens is 482 g/mol. The number of hydrogen-bond acceptors (Lipinski definition) is 3. The Hall–Kier alpha value is -2.64. The molecule has 3 aromatic rings. The van der Waals surface area contributed by atoms with Gasteiger partial charge >= 0.3 is 0 Å². The lowest BCUT2D eigenvalue weighted by atomic mass is 9.86. The maximum Gasteiger partial charge on any atom is 0.246 e. The first-order valence-corrected chi connectivity index (χ1v) is 12.3. The van der Waals surface area contributed by atoms with E-state index in [4.69, 9.17) is 4.74 Å². The minimum Gasteiger partial charge on any atom is -0.379 e. The molecule has 7 heteroatoms. The summed E-state index contributed by atoms with van der Waals surface area (Å²) in [6.07, 6.45) is 1.40. The van der Waals surface area contributed by atoms with Crippen molar-refractivity contribution >= 4 is 38.6 Å². The molecule has 5 rings (SSSR count). The van der Waals surface area contributed by atoms with Gasteiger partial charge in [0.25, 0.3) is 0 Å². The number of nitrogens with zero attached hydrogens (tertiary/aromatic N) is 2. The molecule has 3 heterocycles. The van der Waals surface area contributed by atoms with E-state index in [2.05, 4.69) is 33.0 Å². The lowest BCUT2D eigenvalue weighted by Crippen LogP contribution is -2.63. The number of H-pyrrole nitrogens is 1. The Labute approximate surface area is 202 Å². The van der Waals surface area contributed by atoms with Crippen molar-refractivity contribution in [3.63, 3.8) is 0 Å². The van der Waals surface area contributed by atoms with Crippen molar-refractivity contribution in [2.24, 2.45) is 0 Å². The minimum atomic E-state index is -0.507. The molecule has 2 aliphatic heterocycles. The number of benzene rings is 2. The van der Waals surface area contributed by atoms with Crippen LogP contribution in [0.2, 0.25) is 0 Å². The van der Waals surface area contributed by atoms with Gasteiger partial charge in [-0.1, -0.05) is 46.3 Å². The van der Waals surface area contributed by atoms with Gasteiger partial charge in [-0.25, -0.2) is 0 Å². The molecular formula is C26H28BrN3O3. The smallest absolute Gasteiger partial charge is 0.246 e. The van der Waals surface area contributed by atoms with Crippen LogP contribution in [0.25, 0.3) is 10.9 Å². The van der Waals surface area contributed by atoms with Gasteiger partial charge in [0.05, 0.1) is 18.7 Å². The van der Waals surface area contributed by atoms with Gasteiger partial charge in [0.2, 0.25) is 11.8 Å². The van der Waals surface area contributed by atoms with Gasteiger partial charge in [0, 0.05) is 40.6 Å².